The molecule has 0 aliphatic carbocycles. The molecule has 0 aromatic heterocycles. The number of sulfonamides is 1. The highest BCUT2D eigenvalue weighted by Crippen LogP contribution is 2.25. The quantitative estimate of drug-likeness (QED) is 0.554. The molecule has 8 heteroatoms. The van der Waals surface area contributed by atoms with E-state index in [9.17, 15) is 13.2 Å². The van der Waals surface area contributed by atoms with Crippen LogP contribution in [0.2, 0.25) is 10.0 Å². The van der Waals surface area contributed by atoms with Gasteiger partial charge in [-0.15, -0.1) is 0 Å². The van der Waals surface area contributed by atoms with Gasteiger partial charge in [-0.3, -0.25) is 9.52 Å². The molecule has 3 rings (SSSR count). The zero-order valence-corrected chi connectivity index (χ0v) is 17.8. The van der Waals surface area contributed by atoms with Crippen LogP contribution < -0.4 is 10.0 Å². The molecular formula is C21H18Cl2N2O3S. The van der Waals surface area contributed by atoms with Crippen LogP contribution in [0.4, 0.5) is 5.69 Å². The van der Waals surface area contributed by atoms with Gasteiger partial charge in [-0.05, 0) is 66.6 Å². The Bertz CT molecular complexity index is 1110. The molecule has 150 valence electrons. The van der Waals surface area contributed by atoms with Crippen molar-refractivity contribution in [3.05, 3.63) is 93.5 Å². The van der Waals surface area contributed by atoms with Crippen molar-refractivity contribution in [1.29, 1.82) is 0 Å². The molecule has 0 aliphatic heterocycles. The number of benzene rings is 3. The molecule has 0 atom stereocenters. The Balaban J connectivity index is 1.66. The minimum Gasteiger partial charge on any atom is -0.348 e. The van der Waals surface area contributed by atoms with Crippen molar-refractivity contribution in [2.75, 3.05) is 4.72 Å². The van der Waals surface area contributed by atoms with Gasteiger partial charge in [0.2, 0.25) is 0 Å². The number of hydrogen-bond donors (Lipinski definition) is 2. The van der Waals surface area contributed by atoms with E-state index in [0.717, 1.165) is 11.1 Å². The third-order valence-corrected chi connectivity index (χ3v) is 6.21. The fraction of sp³-hybridized carbons (Fsp3) is 0.0952. The second-order valence-corrected chi connectivity index (χ2v) is 8.89. The summed E-state index contributed by atoms with van der Waals surface area (Å²) in [4.78, 5) is 12.6. The van der Waals surface area contributed by atoms with Gasteiger partial charge in [0.1, 0.15) is 0 Å². The first-order valence-corrected chi connectivity index (χ1v) is 10.9. The van der Waals surface area contributed by atoms with E-state index >= 15 is 0 Å². The Morgan fingerprint density at radius 1 is 0.966 bits per heavy atom. The van der Waals surface area contributed by atoms with Gasteiger partial charge in [0, 0.05) is 27.8 Å². The van der Waals surface area contributed by atoms with Gasteiger partial charge >= 0.3 is 0 Å². The monoisotopic (exact) mass is 448 g/mol. The van der Waals surface area contributed by atoms with Gasteiger partial charge < -0.3 is 5.32 Å². The number of aryl methyl sites for hydroxylation is 1. The summed E-state index contributed by atoms with van der Waals surface area (Å²) in [6, 6.07) is 17.6. The van der Waals surface area contributed by atoms with E-state index in [1.807, 2.05) is 6.92 Å². The first-order valence-electron chi connectivity index (χ1n) is 8.67. The van der Waals surface area contributed by atoms with E-state index in [1.165, 1.54) is 24.3 Å². The van der Waals surface area contributed by atoms with Gasteiger partial charge in [-0.1, -0.05) is 41.4 Å². The molecule has 0 saturated carbocycles. The Labute approximate surface area is 179 Å². The van der Waals surface area contributed by atoms with Crippen molar-refractivity contribution in [3.8, 4) is 0 Å². The Morgan fingerprint density at radius 2 is 1.62 bits per heavy atom. The number of nitrogens with one attached hydrogen (secondary N) is 2. The molecule has 0 spiro atoms. The summed E-state index contributed by atoms with van der Waals surface area (Å²) in [5.74, 6) is -0.298. The molecule has 29 heavy (non-hydrogen) atoms. The normalized spacial score (nSPS) is 11.1. The maximum Gasteiger partial charge on any atom is 0.261 e. The second-order valence-electron chi connectivity index (χ2n) is 6.36. The lowest BCUT2D eigenvalue weighted by Crippen LogP contribution is -2.23. The summed E-state index contributed by atoms with van der Waals surface area (Å²) in [5.41, 5.74) is 2.43. The molecule has 0 unspecified atom stereocenters. The first kappa shape index (κ1) is 21.2. The second kappa shape index (κ2) is 8.86. The third-order valence-electron chi connectivity index (χ3n) is 4.26. The molecule has 0 saturated heterocycles. The van der Waals surface area contributed by atoms with Crippen LogP contribution in [0.15, 0.2) is 71.6 Å². The molecule has 1 amide bonds. The van der Waals surface area contributed by atoms with Crippen molar-refractivity contribution < 1.29 is 13.2 Å². The number of carbonyl (C=O) groups is 1. The molecule has 0 heterocycles. The standard InChI is InChI=1S/C21H18Cl2N2O3S/c1-14-11-16(22)12-20(23)19(14)13-24-21(26)15-7-9-17(10-8-15)25-29(27,28)18-5-3-2-4-6-18/h2-12,25H,13H2,1H3,(H,24,26). The van der Waals surface area contributed by atoms with Gasteiger partial charge in [0.25, 0.3) is 15.9 Å². The summed E-state index contributed by atoms with van der Waals surface area (Å²) in [6.07, 6.45) is 0. The van der Waals surface area contributed by atoms with Crippen LogP contribution in [0.5, 0.6) is 0 Å². The first-order chi connectivity index (χ1) is 13.8. The Hall–Kier alpha value is -2.54. The van der Waals surface area contributed by atoms with Crippen molar-refractivity contribution >= 4 is 44.8 Å². The highest BCUT2D eigenvalue weighted by molar-refractivity contribution is 7.92. The summed E-state index contributed by atoms with van der Waals surface area (Å²) >= 11 is 12.2. The Kier molecular flexibility index (Phi) is 6.47. The highest BCUT2D eigenvalue weighted by Gasteiger charge is 2.14. The number of rotatable bonds is 6. The van der Waals surface area contributed by atoms with E-state index < -0.39 is 10.0 Å². The minimum atomic E-state index is -3.68. The number of amides is 1. The predicted octanol–water partition coefficient (Wildman–Crippen LogP) is 5.03. The lowest BCUT2D eigenvalue weighted by molar-refractivity contribution is 0.0951. The fourth-order valence-electron chi connectivity index (χ4n) is 2.73. The molecule has 0 radical (unpaired) electrons. The van der Waals surface area contributed by atoms with Crippen molar-refractivity contribution in [2.45, 2.75) is 18.4 Å². The van der Waals surface area contributed by atoms with Crippen LogP contribution >= 0.6 is 23.2 Å². The van der Waals surface area contributed by atoms with Gasteiger partial charge in [0.05, 0.1) is 4.90 Å². The third kappa shape index (κ3) is 5.29. The average Bonchev–Trinajstić information content (AvgIpc) is 2.68. The van der Waals surface area contributed by atoms with Gasteiger partial charge in [-0.2, -0.15) is 0 Å². The number of anilines is 1. The Morgan fingerprint density at radius 3 is 2.24 bits per heavy atom. The van der Waals surface area contributed by atoms with E-state index in [0.29, 0.717) is 21.3 Å². The summed E-state index contributed by atoms with van der Waals surface area (Å²) in [5, 5.41) is 3.83. The number of hydrogen-bond acceptors (Lipinski definition) is 3. The van der Waals surface area contributed by atoms with Crippen LogP contribution in [-0.4, -0.2) is 14.3 Å². The average molecular weight is 449 g/mol. The molecule has 3 aromatic carbocycles. The number of halogens is 2. The maximum atomic E-state index is 12.4. The van der Waals surface area contributed by atoms with E-state index in [-0.39, 0.29) is 17.3 Å². The minimum absolute atomic E-state index is 0.164. The highest BCUT2D eigenvalue weighted by atomic mass is 35.5. The summed E-state index contributed by atoms with van der Waals surface area (Å²) in [6.45, 7) is 2.12. The van der Waals surface area contributed by atoms with Crippen molar-refractivity contribution in [2.24, 2.45) is 0 Å². The van der Waals surface area contributed by atoms with E-state index in [4.69, 9.17) is 23.2 Å². The summed E-state index contributed by atoms with van der Waals surface area (Å²) in [7, 11) is -3.68. The van der Waals surface area contributed by atoms with E-state index in [1.54, 1.807) is 42.5 Å². The SMILES string of the molecule is Cc1cc(Cl)cc(Cl)c1CNC(=O)c1ccc(NS(=O)(=O)c2ccccc2)cc1. The molecule has 3 aromatic rings. The van der Waals surface area contributed by atoms with Crippen molar-refractivity contribution in [3.63, 3.8) is 0 Å². The van der Waals surface area contributed by atoms with Crippen LogP contribution in [0.25, 0.3) is 0 Å². The summed E-state index contributed by atoms with van der Waals surface area (Å²) < 4.78 is 27.2. The van der Waals surface area contributed by atoms with Crippen LogP contribution in [0.3, 0.4) is 0 Å². The molecular weight excluding hydrogens is 431 g/mol. The van der Waals surface area contributed by atoms with Crippen LogP contribution in [-0.2, 0) is 16.6 Å². The smallest absolute Gasteiger partial charge is 0.261 e. The largest absolute Gasteiger partial charge is 0.348 e. The van der Waals surface area contributed by atoms with E-state index in [2.05, 4.69) is 10.0 Å². The lowest BCUT2D eigenvalue weighted by atomic mass is 10.1. The zero-order chi connectivity index (χ0) is 21.0. The molecule has 5 nitrogen and oxygen atoms in total. The predicted molar refractivity (Wildman–Crippen MR) is 116 cm³/mol. The maximum absolute atomic E-state index is 12.4. The van der Waals surface area contributed by atoms with Crippen LogP contribution in [0.1, 0.15) is 21.5 Å². The molecule has 0 fully saturated rings. The molecule has 2 N–H and O–H groups in total. The fourth-order valence-corrected chi connectivity index (χ4v) is 4.47. The zero-order valence-electron chi connectivity index (χ0n) is 15.4. The van der Waals surface area contributed by atoms with Gasteiger partial charge in [-0.25, -0.2) is 8.42 Å². The number of carbonyl (C=O) groups excluding carboxylic acids is 1. The lowest BCUT2D eigenvalue weighted by Gasteiger charge is -2.11. The topological polar surface area (TPSA) is 75.3 Å². The van der Waals surface area contributed by atoms with Crippen molar-refractivity contribution in [1.82, 2.24) is 5.32 Å². The molecule has 0 bridgehead atoms. The van der Waals surface area contributed by atoms with Gasteiger partial charge in [0.15, 0.2) is 0 Å². The van der Waals surface area contributed by atoms with Crippen LogP contribution in [0, 0.1) is 6.92 Å². The molecule has 0 aliphatic rings.